The third-order valence-corrected chi connectivity index (χ3v) is 2.37. The summed E-state index contributed by atoms with van der Waals surface area (Å²) < 4.78 is 15.4. The first-order valence-electron chi connectivity index (χ1n) is 2.64. The minimum Gasteiger partial charge on any atom is -0.318 e. The van der Waals surface area contributed by atoms with E-state index in [1.165, 1.54) is 0 Å². The molecule has 0 aromatic carbocycles. The van der Waals surface area contributed by atoms with Gasteiger partial charge in [0.15, 0.2) is 0 Å². The molecule has 0 saturated carbocycles. The van der Waals surface area contributed by atoms with Gasteiger partial charge >= 0.3 is 0 Å². The number of hydrogen-bond donors (Lipinski definition) is 1. The highest BCUT2D eigenvalue weighted by molar-refractivity contribution is 7.56. The molecule has 4 heteroatoms. The lowest BCUT2D eigenvalue weighted by atomic mass is 10.9. The van der Waals surface area contributed by atoms with Crippen LogP contribution < -0.4 is 5.50 Å². The van der Waals surface area contributed by atoms with Crippen LogP contribution >= 0.6 is 7.52 Å². The highest BCUT2D eigenvalue weighted by atomic mass is 31.2. The van der Waals surface area contributed by atoms with Gasteiger partial charge in [0.05, 0.1) is 6.61 Å². The Kier molecular flexibility index (Phi) is 3.29. The molecule has 0 spiro atoms. The average Bonchev–Trinajstić information content (AvgIpc) is 1.67. The SMILES string of the molecule is CCOP(N)(=O)CC. The molecule has 0 rings (SSSR count). The molecule has 1 unspecified atom stereocenters. The zero-order valence-corrected chi connectivity index (χ0v) is 6.15. The minimum atomic E-state index is -2.67. The lowest BCUT2D eigenvalue weighted by Gasteiger charge is -2.07. The van der Waals surface area contributed by atoms with Crippen LogP contribution in [0.2, 0.25) is 0 Å². The van der Waals surface area contributed by atoms with Crippen molar-refractivity contribution in [2.24, 2.45) is 5.50 Å². The van der Waals surface area contributed by atoms with Crippen LogP contribution in [0, 0.1) is 0 Å². The van der Waals surface area contributed by atoms with E-state index in [4.69, 9.17) is 10.0 Å². The van der Waals surface area contributed by atoms with Gasteiger partial charge in [-0.2, -0.15) is 0 Å². The third-order valence-electron chi connectivity index (χ3n) is 0.788. The average molecular weight is 137 g/mol. The molecule has 0 aliphatic heterocycles. The zero-order valence-electron chi connectivity index (χ0n) is 5.26. The third kappa shape index (κ3) is 3.19. The summed E-state index contributed by atoms with van der Waals surface area (Å²) in [6, 6.07) is 0. The Labute approximate surface area is 49.7 Å². The molecule has 8 heavy (non-hydrogen) atoms. The first-order valence-corrected chi connectivity index (χ1v) is 4.52. The molecule has 2 N–H and O–H groups in total. The van der Waals surface area contributed by atoms with Crippen molar-refractivity contribution in [1.82, 2.24) is 0 Å². The Balaban J connectivity index is 3.55. The molecule has 3 nitrogen and oxygen atoms in total. The number of nitrogens with two attached hydrogens (primary N) is 1. The maximum atomic E-state index is 10.7. The minimum absolute atomic E-state index is 0.418. The Morgan fingerprint density at radius 3 is 2.25 bits per heavy atom. The van der Waals surface area contributed by atoms with Gasteiger partial charge in [0.25, 0.3) is 7.52 Å². The lowest BCUT2D eigenvalue weighted by Crippen LogP contribution is -2.00. The summed E-state index contributed by atoms with van der Waals surface area (Å²) in [5.41, 5.74) is 5.16. The van der Waals surface area contributed by atoms with Crippen molar-refractivity contribution >= 4 is 7.52 Å². The Hall–Kier alpha value is 0.150. The Morgan fingerprint density at radius 2 is 2.12 bits per heavy atom. The van der Waals surface area contributed by atoms with Gasteiger partial charge in [-0.05, 0) is 6.92 Å². The highest BCUT2D eigenvalue weighted by Gasteiger charge is 2.10. The van der Waals surface area contributed by atoms with Crippen LogP contribution in [0.1, 0.15) is 13.8 Å². The maximum absolute atomic E-state index is 10.7. The summed E-state index contributed by atoms with van der Waals surface area (Å²) in [6.07, 6.45) is 0.418. The molecule has 0 fully saturated rings. The molecule has 0 aromatic rings. The van der Waals surface area contributed by atoms with Crippen molar-refractivity contribution < 1.29 is 9.09 Å². The standard InChI is InChI=1S/C4H12NO2P/c1-3-7-8(5,6)4-2/h3-4H2,1-2H3,(H2,5,6). The second kappa shape index (κ2) is 3.23. The summed E-state index contributed by atoms with van der Waals surface area (Å²) in [6.45, 7) is 3.95. The van der Waals surface area contributed by atoms with E-state index in [0.29, 0.717) is 12.8 Å². The largest absolute Gasteiger partial charge is 0.318 e. The second-order valence-corrected chi connectivity index (χ2v) is 3.80. The van der Waals surface area contributed by atoms with Gasteiger partial charge in [-0.1, -0.05) is 6.92 Å². The van der Waals surface area contributed by atoms with Crippen LogP contribution in [0.5, 0.6) is 0 Å². The molecular formula is C4H12NO2P. The van der Waals surface area contributed by atoms with E-state index in [1.54, 1.807) is 13.8 Å². The van der Waals surface area contributed by atoms with Crippen LogP contribution in [0.25, 0.3) is 0 Å². The molecule has 0 aliphatic rings. The second-order valence-electron chi connectivity index (χ2n) is 1.46. The van der Waals surface area contributed by atoms with Crippen molar-refractivity contribution in [2.75, 3.05) is 12.8 Å². The van der Waals surface area contributed by atoms with Crippen molar-refractivity contribution in [3.8, 4) is 0 Å². The molecule has 1 atom stereocenters. The number of hydrogen-bond acceptors (Lipinski definition) is 2. The van der Waals surface area contributed by atoms with Gasteiger partial charge in [0.2, 0.25) is 0 Å². The fourth-order valence-corrected chi connectivity index (χ4v) is 0.929. The molecule has 0 heterocycles. The molecule has 0 aromatic heterocycles. The van der Waals surface area contributed by atoms with Gasteiger partial charge in [0, 0.05) is 6.16 Å². The molecular weight excluding hydrogens is 125 g/mol. The van der Waals surface area contributed by atoms with Crippen LogP contribution in [0.15, 0.2) is 0 Å². The van der Waals surface area contributed by atoms with Crippen LogP contribution in [-0.2, 0) is 9.09 Å². The highest BCUT2D eigenvalue weighted by Crippen LogP contribution is 2.35. The summed E-state index contributed by atoms with van der Waals surface area (Å²) in [7, 11) is -2.67. The summed E-state index contributed by atoms with van der Waals surface area (Å²) in [5.74, 6) is 0. The molecule has 0 saturated heterocycles. The normalized spacial score (nSPS) is 17.9. The quantitative estimate of drug-likeness (QED) is 0.594. The monoisotopic (exact) mass is 137 g/mol. The zero-order chi connectivity index (χ0) is 6.62. The van der Waals surface area contributed by atoms with Crippen molar-refractivity contribution in [3.05, 3.63) is 0 Å². The fraction of sp³-hybridized carbons (Fsp3) is 1.00. The van der Waals surface area contributed by atoms with Gasteiger partial charge in [-0.3, -0.25) is 10.1 Å². The summed E-state index contributed by atoms with van der Waals surface area (Å²) in [5, 5.41) is 0. The van der Waals surface area contributed by atoms with Crippen LogP contribution in [0.4, 0.5) is 0 Å². The van der Waals surface area contributed by atoms with Gasteiger partial charge in [-0.15, -0.1) is 0 Å². The number of rotatable bonds is 3. The molecule has 0 aliphatic carbocycles. The topological polar surface area (TPSA) is 52.3 Å². The first-order chi connectivity index (χ1) is 3.62. The van der Waals surface area contributed by atoms with Crippen molar-refractivity contribution in [3.63, 3.8) is 0 Å². The smallest absolute Gasteiger partial charge is 0.266 e. The van der Waals surface area contributed by atoms with E-state index in [1.807, 2.05) is 0 Å². The molecule has 50 valence electrons. The van der Waals surface area contributed by atoms with Gasteiger partial charge < -0.3 is 4.52 Å². The predicted octanol–water partition coefficient (Wildman–Crippen LogP) is 1.19. The summed E-state index contributed by atoms with van der Waals surface area (Å²) >= 11 is 0. The van der Waals surface area contributed by atoms with Crippen LogP contribution in [-0.4, -0.2) is 12.8 Å². The maximum Gasteiger partial charge on any atom is 0.266 e. The van der Waals surface area contributed by atoms with E-state index in [2.05, 4.69) is 0 Å². The fourth-order valence-electron chi connectivity index (χ4n) is 0.310. The van der Waals surface area contributed by atoms with Gasteiger partial charge in [0.1, 0.15) is 0 Å². The molecule has 0 radical (unpaired) electrons. The molecule has 0 amide bonds. The summed E-state index contributed by atoms with van der Waals surface area (Å²) in [4.78, 5) is 0. The van der Waals surface area contributed by atoms with Crippen molar-refractivity contribution in [1.29, 1.82) is 0 Å². The van der Waals surface area contributed by atoms with E-state index in [-0.39, 0.29) is 0 Å². The van der Waals surface area contributed by atoms with Crippen LogP contribution in [0.3, 0.4) is 0 Å². The lowest BCUT2D eigenvalue weighted by molar-refractivity contribution is 0.334. The first kappa shape index (κ1) is 8.15. The van der Waals surface area contributed by atoms with E-state index in [9.17, 15) is 4.57 Å². The Morgan fingerprint density at radius 1 is 1.62 bits per heavy atom. The molecule has 0 bridgehead atoms. The van der Waals surface area contributed by atoms with E-state index >= 15 is 0 Å². The Bertz CT molecular complexity index is 104. The van der Waals surface area contributed by atoms with E-state index in [0.717, 1.165) is 0 Å². The van der Waals surface area contributed by atoms with Gasteiger partial charge in [-0.25, -0.2) is 0 Å². The van der Waals surface area contributed by atoms with Crippen molar-refractivity contribution in [2.45, 2.75) is 13.8 Å². The predicted molar refractivity (Wildman–Crippen MR) is 34.0 cm³/mol. The van der Waals surface area contributed by atoms with E-state index < -0.39 is 7.52 Å².